The highest BCUT2D eigenvalue weighted by molar-refractivity contribution is 5.33. The number of halogens is 3. The maximum Gasteiger partial charge on any atom is 0.418 e. The van der Waals surface area contributed by atoms with Crippen LogP contribution in [0.3, 0.4) is 0 Å². The summed E-state index contributed by atoms with van der Waals surface area (Å²) in [5.41, 5.74) is 0.281. The highest BCUT2D eigenvalue weighted by atomic mass is 19.4. The van der Waals surface area contributed by atoms with E-state index in [2.05, 4.69) is 4.98 Å². The van der Waals surface area contributed by atoms with Crippen molar-refractivity contribution < 1.29 is 13.2 Å². The van der Waals surface area contributed by atoms with Crippen molar-refractivity contribution in [1.82, 2.24) is 4.98 Å². The SMILES string of the molecule is Cc1cc(C)c(C(F)(F)F)c(C)n1. The second kappa shape index (κ2) is 3.01. The van der Waals surface area contributed by atoms with Crippen LogP contribution < -0.4 is 0 Å². The molecular weight excluding hydrogens is 179 g/mol. The van der Waals surface area contributed by atoms with E-state index < -0.39 is 11.7 Å². The van der Waals surface area contributed by atoms with Crippen LogP contribution in [0.1, 0.15) is 22.5 Å². The molecule has 0 bridgehead atoms. The molecule has 0 saturated heterocycles. The zero-order valence-electron chi connectivity index (χ0n) is 7.66. The Kier molecular flexibility index (Phi) is 2.32. The summed E-state index contributed by atoms with van der Waals surface area (Å²) < 4.78 is 37.2. The molecule has 1 rings (SSSR count). The van der Waals surface area contributed by atoms with Crippen molar-refractivity contribution in [3.05, 3.63) is 28.6 Å². The van der Waals surface area contributed by atoms with E-state index in [9.17, 15) is 13.2 Å². The average molecular weight is 189 g/mol. The minimum absolute atomic E-state index is 0.0463. The highest BCUT2D eigenvalue weighted by Gasteiger charge is 2.34. The summed E-state index contributed by atoms with van der Waals surface area (Å²) in [4.78, 5) is 3.78. The Bertz CT molecular complexity index is 305. The number of hydrogen-bond acceptors (Lipinski definition) is 1. The lowest BCUT2D eigenvalue weighted by atomic mass is 10.1. The lowest BCUT2D eigenvalue weighted by molar-refractivity contribution is -0.138. The first-order valence-electron chi connectivity index (χ1n) is 3.84. The minimum Gasteiger partial charge on any atom is -0.258 e. The molecule has 0 aliphatic rings. The Morgan fingerprint density at radius 3 is 2.08 bits per heavy atom. The van der Waals surface area contributed by atoms with Crippen molar-refractivity contribution in [2.45, 2.75) is 26.9 Å². The Hall–Kier alpha value is -1.06. The summed E-state index contributed by atoms with van der Waals surface area (Å²) >= 11 is 0. The number of nitrogens with zero attached hydrogens (tertiary/aromatic N) is 1. The maximum absolute atomic E-state index is 12.4. The number of rotatable bonds is 0. The van der Waals surface area contributed by atoms with Crippen molar-refractivity contribution in [2.75, 3.05) is 0 Å². The second-order valence-corrected chi connectivity index (χ2v) is 3.04. The predicted octanol–water partition coefficient (Wildman–Crippen LogP) is 3.03. The van der Waals surface area contributed by atoms with Crippen molar-refractivity contribution in [3.63, 3.8) is 0 Å². The molecule has 0 atom stereocenters. The van der Waals surface area contributed by atoms with Crippen LogP contribution >= 0.6 is 0 Å². The molecule has 0 aliphatic heterocycles. The van der Waals surface area contributed by atoms with Crippen molar-refractivity contribution in [2.24, 2.45) is 0 Å². The van der Waals surface area contributed by atoms with Gasteiger partial charge in [-0.3, -0.25) is 4.98 Å². The molecule has 0 unspecified atom stereocenters. The summed E-state index contributed by atoms with van der Waals surface area (Å²) in [6.45, 7) is 4.51. The summed E-state index contributed by atoms with van der Waals surface area (Å²) in [5, 5.41) is 0. The molecule has 0 N–H and O–H groups in total. The van der Waals surface area contributed by atoms with E-state index in [1.165, 1.54) is 19.9 Å². The van der Waals surface area contributed by atoms with E-state index in [1.54, 1.807) is 6.92 Å². The van der Waals surface area contributed by atoms with Crippen LogP contribution in [0.4, 0.5) is 13.2 Å². The zero-order valence-corrected chi connectivity index (χ0v) is 7.66. The minimum atomic E-state index is -4.30. The fraction of sp³-hybridized carbons (Fsp3) is 0.444. The first-order valence-corrected chi connectivity index (χ1v) is 3.84. The Morgan fingerprint density at radius 1 is 1.15 bits per heavy atom. The maximum atomic E-state index is 12.4. The van der Waals surface area contributed by atoms with Crippen molar-refractivity contribution >= 4 is 0 Å². The molecule has 0 radical (unpaired) electrons. The van der Waals surface area contributed by atoms with Crippen LogP contribution in [0.15, 0.2) is 6.07 Å². The van der Waals surface area contributed by atoms with Crippen molar-refractivity contribution in [3.8, 4) is 0 Å². The largest absolute Gasteiger partial charge is 0.418 e. The number of alkyl halides is 3. The van der Waals surface area contributed by atoms with E-state index in [-0.39, 0.29) is 11.3 Å². The molecule has 1 aromatic heterocycles. The quantitative estimate of drug-likeness (QED) is 0.611. The van der Waals surface area contributed by atoms with Gasteiger partial charge in [0.25, 0.3) is 0 Å². The van der Waals surface area contributed by atoms with Crippen LogP contribution in [0.5, 0.6) is 0 Å². The summed E-state index contributed by atoms with van der Waals surface area (Å²) in [5.74, 6) is 0. The van der Waals surface area contributed by atoms with Crippen LogP contribution in [0, 0.1) is 20.8 Å². The van der Waals surface area contributed by atoms with E-state index in [0.717, 1.165) is 0 Å². The van der Waals surface area contributed by atoms with Gasteiger partial charge in [-0.15, -0.1) is 0 Å². The van der Waals surface area contributed by atoms with E-state index in [0.29, 0.717) is 5.69 Å². The number of aromatic nitrogens is 1. The predicted molar refractivity (Wildman–Crippen MR) is 43.5 cm³/mol. The standard InChI is InChI=1S/C9H10F3N/c1-5-4-6(2)13-7(3)8(5)9(10,11)12/h4H,1-3H3. The monoisotopic (exact) mass is 189 g/mol. The fourth-order valence-corrected chi connectivity index (χ4v) is 1.45. The molecule has 4 heteroatoms. The number of hydrogen-bond donors (Lipinski definition) is 0. The Balaban J connectivity index is 3.38. The average Bonchev–Trinajstić information content (AvgIpc) is 1.78. The molecule has 0 amide bonds. The van der Waals surface area contributed by atoms with E-state index in [1.807, 2.05) is 0 Å². The fourth-order valence-electron chi connectivity index (χ4n) is 1.45. The first-order chi connectivity index (χ1) is 5.82. The zero-order chi connectivity index (χ0) is 10.2. The molecule has 1 aromatic rings. The van der Waals surface area contributed by atoms with Gasteiger partial charge in [0.2, 0.25) is 0 Å². The number of pyridine rings is 1. The molecule has 0 aromatic carbocycles. The lowest BCUT2D eigenvalue weighted by Crippen LogP contribution is -2.11. The molecule has 0 saturated carbocycles. The van der Waals surface area contributed by atoms with E-state index in [4.69, 9.17) is 0 Å². The van der Waals surface area contributed by atoms with Gasteiger partial charge in [0.1, 0.15) is 0 Å². The third kappa shape index (κ3) is 1.99. The third-order valence-electron chi connectivity index (χ3n) is 1.81. The van der Waals surface area contributed by atoms with Crippen molar-refractivity contribution in [1.29, 1.82) is 0 Å². The van der Waals surface area contributed by atoms with Gasteiger partial charge in [-0.05, 0) is 32.4 Å². The molecule has 0 spiro atoms. The highest BCUT2D eigenvalue weighted by Crippen LogP contribution is 2.33. The normalized spacial score (nSPS) is 11.8. The van der Waals surface area contributed by atoms with Gasteiger partial charge in [0, 0.05) is 5.69 Å². The van der Waals surface area contributed by atoms with E-state index >= 15 is 0 Å². The van der Waals surface area contributed by atoms with Crippen LogP contribution in [0.2, 0.25) is 0 Å². The third-order valence-corrected chi connectivity index (χ3v) is 1.81. The summed E-state index contributed by atoms with van der Waals surface area (Å²) in [6.07, 6.45) is -4.30. The van der Waals surface area contributed by atoms with Gasteiger partial charge in [0.05, 0.1) is 11.3 Å². The molecule has 0 fully saturated rings. The van der Waals surface area contributed by atoms with Crippen LogP contribution in [0.25, 0.3) is 0 Å². The Morgan fingerprint density at radius 2 is 1.69 bits per heavy atom. The second-order valence-electron chi connectivity index (χ2n) is 3.04. The summed E-state index contributed by atoms with van der Waals surface area (Å²) in [6, 6.07) is 1.44. The lowest BCUT2D eigenvalue weighted by Gasteiger charge is -2.12. The smallest absolute Gasteiger partial charge is 0.258 e. The van der Waals surface area contributed by atoms with Gasteiger partial charge in [-0.1, -0.05) is 0 Å². The van der Waals surface area contributed by atoms with Crippen LogP contribution in [-0.4, -0.2) is 4.98 Å². The van der Waals surface area contributed by atoms with Gasteiger partial charge in [0.15, 0.2) is 0 Å². The van der Waals surface area contributed by atoms with Gasteiger partial charge >= 0.3 is 6.18 Å². The van der Waals surface area contributed by atoms with Gasteiger partial charge in [-0.2, -0.15) is 13.2 Å². The molecule has 1 nitrogen and oxygen atoms in total. The van der Waals surface area contributed by atoms with Crippen LogP contribution in [-0.2, 0) is 6.18 Å². The molecule has 13 heavy (non-hydrogen) atoms. The number of aryl methyl sites for hydroxylation is 3. The first kappa shape index (κ1) is 10.0. The summed E-state index contributed by atoms with van der Waals surface area (Å²) in [7, 11) is 0. The topological polar surface area (TPSA) is 12.9 Å². The Labute approximate surface area is 74.6 Å². The van der Waals surface area contributed by atoms with Gasteiger partial charge < -0.3 is 0 Å². The molecule has 1 heterocycles. The molecule has 0 aliphatic carbocycles. The molecular formula is C9H10F3N. The van der Waals surface area contributed by atoms with Gasteiger partial charge in [-0.25, -0.2) is 0 Å². The molecule has 72 valence electrons.